The number of nitrogens with zero attached hydrogens (tertiary/aromatic N) is 4. The van der Waals surface area contributed by atoms with Gasteiger partial charge in [0.15, 0.2) is 0 Å². The molecule has 2 heterocycles. The van der Waals surface area contributed by atoms with Crippen molar-refractivity contribution in [3.63, 3.8) is 0 Å². The molecular weight excluding hydrogens is 398 g/mol. The van der Waals surface area contributed by atoms with Gasteiger partial charge in [0.25, 0.3) is 0 Å². The van der Waals surface area contributed by atoms with Crippen LogP contribution >= 0.6 is 0 Å². The highest BCUT2D eigenvalue weighted by Crippen LogP contribution is 2.30. The van der Waals surface area contributed by atoms with Gasteiger partial charge >= 0.3 is 0 Å². The van der Waals surface area contributed by atoms with Crippen molar-refractivity contribution in [3.05, 3.63) is 48.0 Å². The molecule has 1 aliphatic heterocycles. The summed E-state index contributed by atoms with van der Waals surface area (Å²) in [4.78, 5) is 12.0. The van der Waals surface area contributed by atoms with E-state index in [4.69, 9.17) is 15.7 Å². The molecule has 0 radical (unpaired) electrons. The minimum absolute atomic E-state index is 0.496. The van der Waals surface area contributed by atoms with E-state index in [1.54, 1.807) is 18.2 Å². The summed E-state index contributed by atoms with van der Waals surface area (Å²) >= 11 is 0. The number of aromatic nitrogens is 2. The third kappa shape index (κ3) is 4.46. The van der Waals surface area contributed by atoms with Crippen molar-refractivity contribution in [2.24, 2.45) is 0 Å². The lowest BCUT2D eigenvalue weighted by Gasteiger charge is -2.27. The van der Waals surface area contributed by atoms with Gasteiger partial charge in [0, 0.05) is 41.9 Å². The number of nitrogens with one attached hydrogen (secondary N) is 2. The Balaban J connectivity index is 1.40. The predicted octanol–water partition coefficient (Wildman–Crippen LogP) is 4.33. The summed E-state index contributed by atoms with van der Waals surface area (Å²) in [5.41, 5.74) is 8.59. The molecule has 4 N–H and O–H groups in total. The highest BCUT2D eigenvalue weighted by atomic mass is 15.3. The van der Waals surface area contributed by atoms with Crippen molar-refractivity contribution in [2.75, 3.05) is 29.0 Å². The summed E-state index contributed by atoms with van der Waals surface area (Å²) in [7, 11) is 0. The highest BCUT2D eigenvalue weighted by molar-refractivity contribution is 5.91. The van der Waals surface area contributed by atoms with Crippen molar-refractivity contribution >= 4 is 34.0 Å². The standard InChI is InChI=1S/C25H29N7/c26-15-17-12-18(27)14-21(13-17)29-25-30-23-9-5-4-8-22(23)24(31-25)32-11-10-20(16-32)28-19-6-2-1-3-7-19/h4-5,8-9,12-14,19-20,28H,1-3,6-7,10-11,16,27H2,(H,29,30,31)/t20-/m0/s1. The van der Waals surface area contributed by atoms with Crippen molar-refractivity contribution < 1.29 is 0 Å². The molecule has 7 heteroatoms. The average molecular weight is 428 g/mol. The van der Waals surface area contributed by atoms with Gasteiger partial charge in [-0.25, -0.2) is 4.98 Å². The minimum atomic E-state index is 0.496. The van der Waals surface area contributed by atoms with E-state index in [0.29, 0.717) is 35.0 Å². The van der Waals surface area contributed by atoms with Gasteiger partial charge in [-0.1, -0.05) is 31.4 Å². The second kappa shape index (κ2) is 9.01. The molecule has 164 valence electrons. The average Bonchev–Trinajstić information content (AvgIpc) is 3.27. The Hall–Kier alpha value is -3.37. The Morgan fingerprint density at radius 3 is 2.69 bits per heavy atom. The van der Waals surface area contributed by atoms with Gasteiger partial charge in [0.1, 0.15) is 5.82 Å². The Morgan fingerprint density at radius 2 is 1.84 bits per heavy atom. The third-order valence-electron chi connectivity index (χ3n) is 6.49. The van der Waals surface area contributed by atoms with Crippen LogP contribution in [0.15, 0.2) is 42.5 Å². The molecule has 0 unspecified atom stereocenters. The van der Waals surface area contributed by atoms with E-state index < -0.39 is 0 Å². The first kappa shape index (κ1) is 20.5. The number of rotatable bonds is 5. The molecule has 1 atom stereocenters. The smallest absolute Gasteiger partial charge is 0.229 e. The van der Waals surface area contributed by atoms with Crippen LogP contribution < -0.4 is 21.3 Å². The molecular formula is C25H29N7. The number of benzene rings is 2. The zero-order valence-electron chi connectivity index (χ0n) is 18.2. The van der Waals surface area contributed by atoms with E-state index in [-0.39, 0.29) is 0 Å². The van der Waals surface area contributed by atoms with Gasteiger partial charge in [0.05, 0.1) is 17.1 Å². The Labute approximate surface area is 188 Å². The Morgan fingerprint density at radius 1 is 1.00 bits per heavy atom. The number of nitriles is 1. The molecule has 3 aromatic rings. The maximum atomic E-state index is 9.25. The molecule has 1 aliphatic carbocycles. The Kier molecular flexibility index (Phi) is 5.78. The number of nitrogen functional groups attached to an aromatic ring is 1. The predicted molar refractivity (Wildman–Crippen MR) is 129 cm³/mol. The maximum absolute atomic E-state index is 9.25. The molecule has 2 aliphatic rings. The lowest BCUT2D eigenvalue weighted by molar-refractivity contribution is 0.344. The maximum Gasteiger partial charge on any atom is 0.229 e. The molecule has 0 spiro atoms. The number of hydrogen-bond acceptors (Lipinski definition) is 7. The molecule has 5 rings (SSSR count). The fraction of sp³-hybridized carbons (Fsp3) is 0.400. The zero-order chi connectivity index (χ0) is 21.9. The van der Waals surface area contributed by atoms with E-state index >= 15 is 0 Å². The summed E-state index contributed by atoms with van der Waals surface area (Å²) < 4.78 is 0. The van der Waals surface area contributed by atoms with E-state index in [9.17, 15) is 5.26 Å². The SMILES string of the molecule is N#Cc1cc(N)cc(Nc2nc(N3CC[C@H](NC4CCCCC4)C3)c3ccccc3n2)c1. The number of nitrogens with two attached hydrogens (primary N) is 1. The lowest BCUT2D eigenvalue weighted by Crippen LogP contribution is -2.41. The van der Waals surface area contributed by atoms with Crippen LogP contribution in [-0.2, 0) is 0 Å². The van der Waals surface area contributed by atoms with E-state index in [1.165, 1.54) is 32.1 Å². The summed E-state index contributed by atoms with van der Waals surface area (Å²) in [5.74, 6) is 1.47. The molecule has 32 heavy (non-hydrogen) atoms. The molecule has 1 saturated carbocycles. The Bertz CT molecular complexity index is 1150. The topological polar surface area (TPSA) is 103 Å². The normalized spacial score (nSPS) is 19.2. The highest BCUT2D eigenvalue weighted by Gasteiger charge is 2.27. The fourth-order valence-corrected chi connectivity index (χ4v) is 4.97. The van der Waals surface area contributed by atoms with Crippen molar-refractivity contribution in [1.82, 2.24) is 15.3 Å². The van der Waals surface area contributed by atoms with Crippen molar-refractivity contribution in [2.45, 2.75) is 50.6 Å². The second-order valence-electron chi connectivity index (χ2n) is 8.90. The quantitative estimate of drug-likeness (QED) is 0.521. The van der Waals surface area contributed by atoms with Gasteiger partial charge in [-0.15, -0.1) is 0 Å². The molecule has 1 saturated heterocycles. The van der Waals surface area contributed by atoms with E-state index in [1.807, 2.05) is 18.2 Å². The van der Waals surface area contributed by atoms with Crippen LogP contribution in [0, 0.1) is 11.3 Å². The molecule has 2 fully saturated rings. The number of hydrogen-bond donors (Lipinski definition) is 3. The van der Waals surface area contributed by atoms with Crippen LogP contribution in [0.5, 0.6) is 0 Å². The van der Waals surface area contributed by atoms with E-state index in [0.717, 1.165) is 36.2 Å². The minimum Gasteiger partial charge on any atom is -0.399 e. The van der Waals surface area contributed by atoms with Crippen LogP contribution in [0.4, 0.5) is 23.1 Å². The summed E-state index contributed by atoms with van der Waals surface area (Å²) in [5, 5.41) is 17.5. The summed E-state index contributed by atoms with van der Waals surface area (Å²) in [6.07, 6.45) is 7.78. The van der Waals surface area contributed by atoms with Gasteiger partial charge in [-0.05, 0) is 49.6 Å². The van der Waals surface area contributed by atoms with Crippen molar-refractivity contribution in [1.29, 1.82) is 5.26 Å². The summed E-state index contributed by atoms with van der Waals surface area (Å²) in [6.45, 7) is 1.93. The number of fused-ring (bicyclic) bond motifs is 1. The largest absolute Gasteiger partial charge is 0.399 e. The first-order chi connectivity index (χ1) is 15.7. The molecule has 7 nitrogen and oxygen atoms in total. The summed E-state index contributed by atoms with van der Waals surface area (Å²) in [6, 6.07) is 16.6. The first-order valence-corrected chi connectivity index (χ1v) is 11.5. The molecule has 0 bridgehead atoms. The molecule has 1 aromatic heterocycles. The second-order valence-corrected chi connectivity index (χ2v) is 8.90. The van der Waals surface area contributed by atoms with Gasteiger partial charge in [0.2, 0.25) is 5.95 Å². The van der Waals surface area contributed by atoms with E-state index in [2.05, 4.69) is 27.7 Å². The first-order valence-electron chi connectivity index (χ1n) is 11.5. The van der Waals surface area contributed by atoms with Crippen LogP contribution in [0.2, 0.25) is 0 Å². The lowest BCUT2D eigenvalue weighted by atomic mass is 9.95. The molecule has 2 aromatic carbocycles. The van der Waals surface area contributed by atoms with Gasteiger partial charge < -0.3 is 21.3 Å². The monoisotopic (exact) mass is 427 g/mol. The van der Waals surface area contributed by atoms with Gasteiger partial charge in [-0.2, -0.15) is 10.2 Å². The third-order valence-corrected chi connectivity index (χ3v) is 6.49. The van der Waals surface area contributed by atoms with Crippen molar-refractivity contribution in [3.8, 4) is 6.07 Å². The number of para-hydroxylation sites is 1. The van der Waals surface area contributed by atoms with Crippen LogP contribution in [0.1, 0.15) is 44.1 Å². The van der Waals surface area contributed by atoms with Crippen LogP contribution in [0.3, 0.4) is 0 Å². The van der Waals surface area contributed by atoms with Crippen LogP contribution in [-0.4, -0.2) is 35.1 Å². The van der Waals surface area contributed by atoms with Gasteiger partial charge in [-0.3, -0.25) is 0 Å². The zero-order valence-corrected chi connectivity index (χ0v) is 18.2. The van der Waals surface area contributed by atoms with Crippen LogP contribution in [0.25, 0.3) is 10.9 Å². The number of anilines is 4. The fourth-order valence-electron chi connectivity index (χ4n) is 4.97. The molecule has 0 amide bonds.